The van der Waals surface area contributed by atoms with Crippen molar-refractivity contribution in [1.82, 2.24) is 0 Å². The van der Waals surface area contributed by atoms with Gasteiger partial charge in [0.25, 0.3) is 0 Å². The van der Waals surface area contributed by atoms with Crippen LogP contribution in [0.15, 0.2) is 0 Å². The molecule has 0 aromatic carbocycles. The third-order valence-electron chi connectivity index (χ3n) is 2.61. The fraction of sp³-hybridized carbons (Fsp3) is 1.00. The quantitative estimate of drug-likeness (QED) is 0.380. The third-order valence-corrected chi connectivity index (χ3v) is 2.61. The molecule has 0 aromatic heterocycles. The number of aliphatic hydroxyl groups excluding tert-OH is 1. The van der Waals surface area contributed by atoms with E-state index in [1.165, 1.54) is 0 Å². The van der Waals surface area contributed by atoms with Gasteiger partial charge < -0.3 is 15.3 Å². The van der Waals surface area contributed by atoms with Gasteiger partial charge in [0.05, 0.1) is 0 Å². The molecule has 110 valence electrons. The summed E-state index contributed by atoms with van der Waals surface area (Å²) >= 11 is 0. The van der Waals surface area contributed by atoms with Crippen LogP contribution in [0.25, 0.3) is 0 Å². The predicted molar refractivity (Wildman–Crippen MR) is 52.9 cm³/mol. The first-order valence-corrected chi connectivity index (χ1v) is 5.55. The zero-order valence-corrected chi connectivity index (χ0v) is 9.84. The minimum atomic E-state index is -5.94. The molecule has 0 radical (unpaired) electrons. The summed E-state index contributed by atoms with van der Waals surface area (Å²) in [6.07, 6.45) is -7.30. The molecule has 8 heteroatoms. The van der Waals surface area contributed by atoms with E-state index in [4.69, 9.17) is 15.3 Å². The lowest BCUT2D eigenvalue weighted by Gasteiger charge is -2.35. The Morgan fingerprint density at radius 3 is 1.83 bits per heavy atom. The molecule has 0 aromatic rings. The van der Waals surface area contributed by atoms with Gasteiger partial charge in [0.15, 0.2) is 0 Å². The minimum Gasteiger partial charge on any atom is -0.387 e. The van der Waals surface area contributed by atoms with Crippen LogP contribution in [0.2, 0.25) is 0 Å². The highest BCUT2D eigenvalue weighted by atomic mass is 19.4. The summed E-state index contributed by atoms with van der Waals surface area (Å²) < 4.78 is 62.4. The Bertz CT molecular complexity index is 252. The summed E-state index contributed by atoms with van der Waals surface area (Å²) in [6.45, 7) is 1.85. The Labute approximate surface area is 101 Å². The molecule has 0 saturated heterocycles. The van der Waals surface area contributed by atoms with Crippen molar-refractivity contribution >= 4 is 0 Å². The second-order valence-corrected chi connectivity index (χ2v) is 4.16. The lowest BCUT2D eigenvalue weighted by molar-refractivity contribution is -0.429. The molecule has 0 saturated carbocycles. The van der Waals surface area contributed by atoms with Gasteiger partial charge in [0, 0.05) is 0 Å². The maximum atomic E-state index is 13.1. The zero-order chi connectivity index (χ0) is 14.6. The Morgan fingerprint density at radius 2 is 1.44 bits per heavy atom. The minimum absolute atomic E-state index is 0.0819. The summed E-state index contributed by atoms with van der Waals surface area (Å²) in [7, 11) is 0. The van der Waals surface area contributed by atoms with E-state index in [0.29, 0.717) is 12.8 Å². The normalized spacial score (nSPS) is 15.8. The van der Waals surface area contributed by atoms with Crippen molar-refractivity contribution in [2.24, 2.45) is 0 Å². The van der Waals surface area contributed by atoms with Crippen molar-refractivity contribution in [1.29, 1.82) is 0 Å². The molecule has 0 bridgehead atoms. The van der Waals surface area contributed by atoms with Gasteiger partial charge in [-0.25, -0.2) is 0 Å². The Morgan fingerprint density at radius 1 is 0.944 bits per heavy atom. The maximum Gasteiger partial charge on any atom is 0.449 e. The molecule has 0 amide bonds. The second-order valence-electron chi connectivity index (χ2n) is 4.16. The lowest BCUT2D eigenvalue weighted by Crippen LogP contribution is -2.63. The van der Waals surface area contributed by atoms with E-state index in [1.54, 1.807) is 0 Å². The fourth-order valence-electron chi connectivity index (χ4n) is 1.37. The van der Waals surface area contributed by atoms with E-state index in [-0.39, 0.29) is 6.42 Å². The Hall–Kier alpha value is -0.470. The third kappa shape index (κ3) is 3.76. The molecular formula is C10H17F5O3. The van der Waals surface area contributed by atoms with Crippen LogP contribution in [-0.4, -0.2) is 39.3 Å². The number of halogens is 5. The molecule has 0 spiro atoms. The van der Waals surface area contributed by atoms with Crippen molar-refractivity contribution < 1.29 is 37.3 Å². The van der Waals surface area contributed by atoms with E-state index in [9.17, 15) is 22.0 Å². The molecular weight excluding hydrogens is 263 g/mol. The summed E-state index contributed by atoms with van der Waals surface area (Å²) in [6, 6.07) is 0. The Balaban J connectivity index is 4.61. The number of hydrogen-bond acceptors (Lipinski definition) is 3. The largest absolute Gasteiger partial charge is 0.449 e. The van der Waals surface area contributed by atoms with Gasteiger partial charge in [-0.15, -0.1) is 0 Å². The van der Waals surface area contributed by atoms with Gasteiger partial charge in [0.2, 0.25) is 0 Å². The second kappa shape index (κ2) is 6.12. The molecule has 3 nitrogen and oxygen atoms in total. The van der Waals surface area contributed by atoms with Gasteiger partial charge in [-0.05, 0) is 6.42 Å². The van der Waals surface area contributed by atoms with E-state index in [0.717, 1.165) is 6.42 Å². The first kappa shape index (κ1) is 17.5. The van der Waals surface area contributed by atoms with Crippen molar-refractivity contribution in [3.8, 4) is 0 Å². The number of aliphatic hydroxyl groups is 3. The van der Waals surface area contributed by atoms with Crippen LogP contribution in [0.4, 0.5) is 22.0 Å². The number of alkyl halides is 5. The summed E-state index contributed by atoms with van der Waals surface area (Å²) in [4.78, 5) is 0. The molecule has 18 heavy (non-hydrogen) atoms. The molecule has 0 fully saturated rings. The standard InChI is InChI=1S/C10H17F5O3/c1-2-3-4-5-6-7(16)8(11,12)9(17,18)10(13,14)15/h7,16-18H,2-6H2,1H3. The van der Waals surface area contributed by atoms with E-state index in [2.05, 4.69) is 0 Å². The van der Waals surface area contributed by atoms with Crippen LogP contribution in [0.1, 0.15) is 39.0 Å². The van der Waals surface area contributed by atoms with Crippen molar-refractivity contribution in [2.75, 3.05) is 0 Å². The molecule has 1 unspecified atom stereocenters. The van der Waals surface area contributed by atoms with E-state index in [1.807, 2.05) is 6.92 Å². The van der Waals surface area contributed by atoms with Gasteiger partial charge >= 0.3 is 17.9 Å². The van der Waals surface area contributed by atoms with Crippen LogP contribution in [0.3, 0.4) is 0 Å². The first-order chi connectivity index (χ1) is 7.98. The number of hydrogen-bond donors (Lipinski definition) is 3. The van der Waals surface area contributed by atoms with Crippen molar-refractivity contribution in [2.45, 2.75) is 63.0 Å². The van der Waals surface area contributed by atoms with Gasteiger partial charge in [-0.2, -0.15) is 22.0 Å². The van der Waals surface area contributed by atoms with Gasteiger partial charge in [0.1, 0.15) is 6.10 Å². The molecule has 0 aliphatic carbocycles. The molecule has 3 N–H and O–H groups in total. The van der Waals surface area contributed by atoms with Gasteiger partial charge in [-0.1, -0.05) is 32.6 Å². The highest BCUT2D eigenvalue weighted by Gasteiger charge is 2.71. The smallest absolute Gasteiger partial charge is 0.387 e. The zero-order valence-electron chi connectivity index (χ0n) is 9.84. The van der Waals surface area contributed by atoms with Gasteiger partial charge in [-0.3, -0.25) is 0 Å². The van der Waals surface area contributed by atoms with E-state index >= 15 is 0 Å². The molecule has 1 atom stereocenters. The first-order valence-electron chi connectivity index (χ1n) is 5.55. The average molecular weight is 280 g/mol. The highest BCUT2D eigenvalue weighted by molar-refractivity contribution is 4.94. The van der Waals surface area contributed by atoms with Crippen LogP contribution in [-0.2, 0) is 0 Å². The van der Waals surface area contributed by atoms with Crippen molar-refractivity contribution in [3.05, 3.63) is 0 Å². The number of unbranched alkanes of at least 4 members (excludes halogenated alkanes) is 3. The van der Waals surface area contributed by atoms with E-state index < -0.39 is 30.4 Å². The average Bonchev–Trinajstić information content (AvgIpc) is 2.22. The highest BCUT2D eigenvalue weighted by Crippen LogP contribution is 2.42. The molecule has 0 heterocycles. The SMILES string of the molecule is CCCCCCC(O)C(F)(F)C(O)(O)C(F)(F)F. The lowest BCUT2D eigenvalue weighted by atomic mass is 9.97. The molecule has 0 rings (SSSR count). The van der Waals surface area contributed by atoms with Crippen molar-refractivity contribution in [3.63, 3.8) is 0 Å². The number of rotatable bonds is 7. The van der Waals surface area contributed by atoms with Crippen LogP contribution >= 0.6 is 0 Å². The van der Waals surface area contributed by atoms with Crippen LogP contribution in [0.5, 0.6) is 0 Å². The molecule has 0 aliphatic heterocycles. The fourth-order valence-corrected chi connectivity index (χ4v) is 1.37. The topological polar surface area (TPSA) is 60.7 Å². The summed E-state index contributed by atoms with van der Waals surface area (Å²) in [5.74, 6) is -10.3. The summed E-state index contributed by atoms with van der Waals surface area (Å²) in [5, 5.41) is 26.0. The maximum absolute atomic E-state index is 13.1. The monoisotopic (exact) mass is 280 g/mol. The molecule has 0 aliphatic rings. The predicted octanol–water partition coefficient (Wildman–Crippen LogP) is 2.20. The summed E-state index contributed by atoms with van der Waals surface area (Å²) in [5.41, 5.74) is 0. The van der Waals surface area contributed by atoms with Crippen LogP contribution in [0, 0.1) is 0 Å². The Kier molecular flexibility index (Phi) is 5.96. The van der Waals surface area contributed by atoms with Crippen LogP contribution < -0.4 is 0 Å².